The molecule has 1 aliphatic heterocycles. The minimum absolute atomic E-state index is 0.476. The fourth-order valence-corrected chi connectivity index (χ4v) is 2.71. The second kappa shape index (κ2) is 3.54. The second-order valence-corrected chi connectivity index (χ2v) is 6.53. The van der Waals surface area contributed by atoms with Crippen LogP contribution in [-0.2, 0) is 0 Å². The fraction of sp³-hybridized carbons (Fsp3) is 1.00. The third-order valence-corrected chi connectivity index (χ3v) is 4.98. The Kier molecular flexibility index (Phi) is 2.72. The number of rotatable bonds is 3. The molecular weight excluding hydrogens is 226 g/mol. The lowest BCUT2D eigenvalue weighted by molar-refractivity contribution is 0.284. The molecule has 0 spiro atoms. The van der Waals surface area contributed by atoms with Gasteiger partial charge in [0.1, 0.15) is 0 Å². The molecule has 0 bridgehead atoms. The van der Waals surface area contributed by atoms with Crippen molar-refractivity contribution in [2.75, 3.05) is 19.6 Å². The van der Waals surface area contributed by atoms with E-state index in [-0.39, 0.29) is 0 Å². The van der Waals surface area contributed by atoms with E-state index in [0.717, 1.165) is 5.92 Å². The molecule has 1 saturated carbocycles. The summed E-state index contributed by atoms with van der Waals surface area (Å²) in [4.78, 5) is 3.32. The van der Waals surface area contributed by atoms with Crippen LogP contribution in [0.2, 0.25) is 0 Å². The highest BCUT2D eigenvalue weighted by Gasteiger charge is 2.37. The van der Waals surface area contributed by atoms with Gasteiger partial charge in [-0.15, -0.1) is 0 Å². The number of alkyl halides is 1. The van der Waals surface area contributed by atoms with Crippen molar-refractivity contribution in [3.05, 3.63) is 0 Å². The molecule has 1 aliphatic carbocycles. The minimum atomic E-state index is 0.476. The van der Waals surface area contributed by atoms with Crippen molar-refractivity contribution in [3.63, 3.8) is 0 Å². The zero-order chi connectivity index (χ0) is 9.47. The van der Waals surface area contributed by atoms with Gasteiger partial charge in [-0.25, -0.2) is 0 Å². The first-order valence-electron chi connectivity index (χ1n) is 5.44. The maximum absolute atomic E-state index is 3.78. The fourth-order valence-electron chi connectivity index (χ4n) is 2.16. The molecule has 0 radical (unpaired) electrons. The first kappa shape index (κ1) is 9.97. The summed E-state index contributed by atoms with van der Waals surface area (Å²) in [5.74, 6) is 1.08. The van der Waals surface area contributed by atoms with Crippen LogP contribution in [0.3, 0.4) is 0 Å². The molecule has 2 aliphatic rings. The lowest BCUT2D eigenvalue weighted by Crippen LogP contribution is -2.24. The molecule has 1 saturated heterocycles. The van der Waals surface area contributed by atoms with Crippen LogP contribution in [0, 0.1) is 11.3 Å². The van der Waals surface area contributed by atoms with Crippen molar-refractivity contribution < 1.29 is 0 Å². The summed E-state index contributed by atoms with van der Waals surface area (Å²) in [7, 11) is 0. The van der Waals surface area contributed by atoms with E-state index in [2.05, 4.69) is 34.7 Å². The molecule has 1 atom stereocenters. The zero-order valence-corrected chi connectivity index (χ0v) is 10.3. The Labute approximate surface area is 90.0 Å². The molecule has 0 N–H and O–H groups in total. The third kappa shape index (κ3) is 2.47. The predicted molar refractivity (Wildman–Crippen MR) is 60.3 cm³/mol. The van der Waals surface area contributed by atoms with E-state index in [1.807, 2.05) is 0 Å². The summed E-state index contributed by atoms with van der Waals surface area (Å²) in [5, 5.41) is 0. The highest BCUT2D eigenvalue weighted by molar-refractivity contribution is 9.09. The molecule has 13 heavy (non-hydrogen) atoms. The third-order valence-electron chi connectivity index (χ3n) is 3.45. The van der Waals surface area contributed by atoms with Crippen LogP contribution in [0.5, 0.6) is 0 Å². The first-order chi connectivity index (χ1) is 6.08. The second-order valence-electron chi connectivity index (χ2n) is 5.42. The zero-order valence-electron chi connectivity index (χ0n) is 8.72. The normalized spacial score (nSPS) is 33.9. The SMILES string of the molecule is CC1(C)CN(CCC2CC2)CC1Br. The molecule has 1 unspecified atom stereocenters. The Balaban J connectivity index is 1.76. The Bertz CT molecular complexity index is 187. The molecule has 0 amide bonds. The molecule has 0 aromatic rings. The van der Waals surface area contributed by atoms with E-state index in [4.69, 9.17) is 0 Å². The molecule has 1 heterocycles. The Morgan fingerprint density at radius 3 is 2.54 bits per heavy atom. The summed E-state index contributed by atoms with van der Waals surface area (Å²) in [6.45, 7) is 8.58. The van der Waals surface area contributed by atoms with Gasteiger partial charge in [0.25, 0.3) is 0 Å². The van der Waals surface area contributed by atoms with Crippen LogP contribution in [0.15, 0.2) is 0 Å². The number of halogens is 1. The van der Waals surface area contributed by atoms with Gasteiger partial charge in [0.2, 0.25) is 0 Å². The Morgan fingerprint density at radius 2 is 2.08 bits per heavy atom. The monoisotopic (exact) mass is 245 g/mol. The van der Waals surface area contributed by atoms with Crippen LogP contribution in [0.25, 0.3) is 0 Å². The quantitative estimate of drug-likeness (QED) is 0.692. The van der Waals surface area contributed by atoms with Gasteiger partial charge < -0.3 is 4.90 Å². The highest BCUT2D eigenvalue weighted by atomic mass is 79.9. The van der Waals surface area contributed by atoms with Gasteiger partial charge in [0, 0.05) is 17.9 Å². The van der Waals surface area contributed by atoms with E-state index < -0.39 is 0 Å². The highest BCUT2D eigenvalue weighted by Crippen LogP contribution is 2.37. The average molecular weight is 246 g/mol. The number of nitrogens with zero attached hydrogens (tertiary/aromatic N) is 1. The molecular formula is C11H20BrN. The number of hydrogen-bond acceptors (Lipinski definition) is 1. The van der Waals surface area contributed by atoms with Crippen molar-refractivity contribution >= 4 is 15.9 Å². The van der Waals surface area contributed by atoms with E-state index in [9.17, 15) is 0 Å². The van der Waals surface area contributed by atoms with Crippen LogP contribution >= 0.6 is 15.9 Å². The predicted octanol–water partition coefficient (Wildman–Crippen LogP) is 2.89. The summed E-state index contributed by atoms with van der Waals surface area (Å²) in [6.07, 6.45) is 4.43. The largest absolute Gasteiger partial charge is 0.302 e. The smallest absolute Gasteiger partial charge is 0.0336 e. The van der Waals surface area contributed by atoms with Crippen LogP contribution in [-0.4, -0.2) is 29.4 Å². The Hall–Kier alpha value is 0.440. The van der Waals surface area contributed by atoms with Crippen LogP contribution in [0.4, 0.5) is 0 Å². The lowest BCUT2D eigenvalue weighted by atomic mass is 9.93. The maximum Gasteiger partial charge on any atom is 0.0336 e. The van der Waals surface area contributed by atoms with Gasteiger partial charge in [0.15, 0.2) is 0 Å². The van der Waals surface area contributed by atoms with Crippen molar-refractivity contribution in [3.8, 4) is 0 Å². The Morgan fingerprint density at radius 1 is 1.38 bits per heavy atom. The average Bonchev–Trinajstić information content (AvgIpc) is 2.78. The lowest BCUT2D eigenvalue weighted by Gasteiger charge is -2.21. The van der Waals surface area contributed by atoms with Crippen molar-refractivity contribution in [2.24, 2.45) is 11.3 Å². The van der Waals surface area contributed by atoms with E-state index in [1.54, 1.807) is 0 Å². The van der Waals surface area contributed by atoms with E-state index in [0.29, 0.717) is 10.2 Å². The van der Waals surface area contributed by atoms with Gasteiger partial charge in [-0.1, -0.05) is 42.6 Å². The van der Waals surface area contributed by atoms with Gasteiger partial charge in [-0.05, 0) is 24.3 Å². The summed E-state index contributed by atoms with van der Waals surface area (Å²) in [5.41, 5.74) is 0.476. The van der Waals surface area contributed by atoms with E-state index in [1.165, 1.54) is 38.9 Å². The molecule has 2 fully saturated rings. The molecule has 1 nitrogen and oxygen atoms in total. The topological polar surface area (TPSA) is 3.24 Å². The van der Waals surface area contributed by atoms with Gasteiger partial charge in [-0.2, -0.15) is 0 Å². The van der Waals surface area contributed by atoms with Gasteiger partial charge in [0.05, 0.1) is 0 Å². The molecule has 0 aromatic heterocycles. The first-order valence-corrected chi connectivity index (χ1v) is 6.36. The number of hydrogen-bond donors (Lipinski definition) is 0. The maximum atomic E-state index is 3.78. The van der Waals surface area contributed by atoms with E-state index >= 15 is 0 Å². The summed E-state index contributed by atoms with van der Waals surface area (Å²) in [6, 6.07) is 0. The molecule has 2 rings (SSSR count). The van der Waals surface area contributed by atoms with Crippen LogP contribution < -0.4 is 0 Å². The van der Waals surface area contributed by atoms with Crippen LogP contribution in [0.1, 0.15) is 33.1 Å². The van der Waals surface area contributed by atoms with Crippen molar-refractivity contribution in [1.82, 2.24) is 4.90 Å². The van der Waals surface area contributed by atoms with Gasteiger partial charge in [-0.3, -0.25) is 0 Å². The standard InChI is InChI=1S/C11H20BrN/c1-11(2)8-13(7-10(11)12)6-5-9-3-4-9/h9-10H,3-8H2,1-2H3. The molecule has 2 heteroatoms. The van der Waals surface area contributed by atoms with Crippen molar-refractivity contribution in [1.29, 1.82) is 0 Å². The van der Waals surface area contributed by atoms with Crippen molar-refractivity contribution in [2.45, 2.75) is 37.9 Å². The number of likely N-dealkylation sites (tertiary alicyclic amines) is 1. The minimum Gasteiger partial charge on any atom is -0.302 e. The van der Waals surface area contributed by atoms with Gasteiger partial charge >= 0.3 is 0 Å². The molecule has 76 valence electrons. The summed E-state index contributed by atoms with van der Waals surface area (Å²) >= 11 is 3.78. The summed E-state index contributed by atoms with van der Waals surface area (Å²) < 4.78 is 0. The molecule has 0 aromatic carbocycles.